The molecule has 0 saturated carbocycles. The lowest BCUT2D eigenvalue weighted by Gasteiger charge is -2.35. The third kappa shape index (κ3) is 10.5. The minimum atomic E-state index is -1.76. The third-order valence-electron chi connectivity index (χ3n) is 7.59. The van der Waals surface area contributed by atoms with Crippen LogP contribution in [0.25, 0.3) is 16.8 Å². The number of carbonyl (C=O) groups is 4. The van der Waals surface area contributed by atoms with Gasteiger partial charge in [0.05, 0.1) is 17.2 Å². The van der Waals surface area contributed by atoms with Crippen LogP contribution in [-0.4, -0.2) is 73.9 Å². The number of hydrogen-bond acceptors (Lipinski definition) is 8. The van der Waals surface area contributed by atoms with Crippen LogP contribution in [0, 0.1) is 11.3 Å². The second kappa shape index (κ2) is 15.8. The summed E-state index contributed by atoms with van der Waals surface area (Å²) in [5.74, 6) is -2.33. The Labute approximate surface area is 284 Å². The highest BCUT2D eigenvalue weighted by molar-refractivity contribution is 6.67. The number of aliphatic hydroxyl groups is 1. The van der Waals surface area contributed by atoms with Crippen LogP contribution in [0.2, 0.25) is 0 Å². The van der Waals surface area contributed by atoms with Gasteiger partial charge in [-0.2, -0.15) is 0 Å². The summed E-state index contributed by atoms with van der Waals surface area (Å²) in [6, 6.07) is 4.82. The van der Waals surface area contributed by atoms with Crippen LogP contribution < -0.4 is 16.1 Å². The van der Waals surface area contributed by atoms with E-state index in [-0.39, 0.29) is 11.8 Å². The van der Waals surface area contributed by atoms with Gasteiger partial charge in [0.25, 0.3) is 5.91 Å². The van der Waals surface area contributed by atoms with Crippen molar-refractivity contribution in [2.45, 2.75) is 82.4 Å². The number of ether oxygens (including phenoxy) is 1. The molecule has 1 saturated heterocycles. The van der Waals surface area contributed by atoms with Crippen molar-refractivity contribution in [1.29, 1.82) is 0 Å². The summed E-state index contributed by atoms with van der Waals surface area (Å²) in [5, 5.41) is 18.5. The normalized spacial score (nSPS) is 17.9. The number of nitrogens with zero attached hydrogens (tertiary/aromatic N) is 2. The van der Waals surface area contributed by atoms with Crippen molar-refractivity contribution in [3.63, 3.8) is 0 Å². The lowest BCUT2D eigenvalue weighted by atomic mass is 9.90. The molecule has 0 aliphatic carbocycles. The minimum absolute atomic E-state index is 0.290. The molecular weight excluding hydrogens is 657 g/mol. The number of halogens is 3. The van der Waals surface area contributed by atoms with E-state index in [0.717, 1.165) is 16.3 Å². The number of rotatable bonds is 11. The van der Waals surface area contributed by atoms with Crippen molar-refractivity contribution in [3.05, 3.63) is 47.8 Å². The average Bonchev–Trinajstić information content (AvgIpc) is 2.99. The highest BCUT2D eigenvalue weighted by Gasteiger charge is 2.35. The molecule has 46 heavy (non-hydrogen) atoms. The van der Waals surface area contributed by atoms with E-state index < -0.39 is 57.8 Å². The zero-order chi connectivity index (χ0) is 34.4. The van der Waals surface area contributed by atoms with Crippen molar-refractivity contribution >= 4 is 75.3 Å². The Morgan fingerprint density at radius 3 is 2.43 bits per heavy atom. The van der Waals surface area contributed by atoms with Crippen LogP contribution in [0.3, 0.4) is 0 Å². The maximum Gasteiger partial charge on any atom is 0.325 e. The lowest BCUT2D eigenvalue weighted by molar-refractivity contribution is -0.152. The van der Waals surface area contributed by atoms with Gasteiger partial charge in [0.2, 0.25) is 15.6 Å². The van der Waals surface area contributed by atoms with E-state index in [4.69, 9.17) is 39.5 Å². The smallest absolute Gasteiger partial charge is 0.325 e. The Bertz CT molecular complexity index is 1460. The second-order valence-corrected chi connectivity index (χ2v) is 14.9. The quantitative estimate of drug-likeness (QED) is 0.200. The predicted octanol–water partition coefficient (Wildman–Crippen LogP) is 4.38. The topological polar surface area (TPSA) is 150 Å². The Morgan fingerprint density at radius 1 is 1.11 bits per heavy atom. The Morgan fingerprint density at radius 2 is 1.80 bits per heavy atom. The number of esters is 1. The summed E-state index contributed by atoms with van der Waals surface area (Å²) < 4.78 is 3.27. The van der Waals surface area contributed by atoms with Crippen molar-refractivity contribution in [1.82, 2.24) is 26.1 Å². The molecule has 2 heterocycles. The zero-order valence-corrected chi connectivity index (χ0v) is 29.0. The van der Waals surface area contributed by atoms with Crippen LogP contribution in [0.15, 0.2) is 36.5 Å². The molecule has 1 aromatic carbocycles. The maximum absolute atomic E-state index is 13.4. The molecule has 4 N–H and O–H groups in total. The van der Waals surface area contributed by atoms with Crippen LogP contribution in [-0.2, 0) is 23.9 Å². The molecule has 0 unspecified atom stereocenters. The number of fused-ring (bicyclic) bond motifs is 1. The molecule has 14 heteroatoms. The van der Waals surface area contributed by atoms with Gasteiger partial charge in [0, 0.05) is 18.1 Å². The molecule has 11 nitrogen and oxygen atoms in total. The standard InChI is InChI=1S/C32H42Cl3N5O6/c1-18(2)26(27(42)37-19(3)28(43)40-13-7-8-25(39-40)29(44)46-17-32(33,34)35)38-30(45)31(5,6)12-11-24-15-23-14-21(20(4)41)9-10-22(23)16-36-24/h9-12,14-16,18-20,25-26,39,41H,7-8,13,17H2,1-6H3,(H,37,42)(H,38,45)/b12-11+/t19-,20+,25-,26-/m0/s1. The first-order valence-corrected chi connectivity index (χ1v) is 16.2. The third-order valence-corrected chi connectivity index (χ3v) is 7.91. The van der Waals surface area contributed by atoms with Crippen LogP contribution >= 0.6 is 34.8 Å². The summed E-state index contributed by atoms with van der Waals surface area (Å²) in [6.07, 6.45) is 5.51. The molecule has 3 amide bonds. The average molecular weight is 699 g/mol. The molecule has 0 radical (unpaired) electrons. The number of pyridine rings is 1. The van der Waals surface area contributed by atoms with E-state index in [0.29, 0.717) is 25.1 Å². The Balaban J connectivity index is 1.62. The maximum atomic E-state index is 13.4. The van der Waals surface area contributed by atoms with Crippen LogP contribution in [0.5, 0.6) is 0 Å². The summed E-state index contributed by atoms with van der Waals surface area (Å²) in [5.41, 5.74) is 3.24. The molecule has 2 aromatic rings. The van der Waals surface area contributed by atoms with Gasteiger partial charge in [-0.25, -0.2) is 5.43 Å². The summed E-state index contributed by atoms with van der Waals surface area (Å²) in [4.78, 5) is 56.7. The van der Waals surface area contributed by atoms with E-state index in [2.05, 4.69) is 21.0 Å². The first-order chi connectivity index (χ1) is 21.4. The van der Waals surface area contributed by atoms with Gasteiger partial charge in [0.1, 0.15) is 24.7 Å². The molecule has 1 aliphatic heterocycles. The van der Waals surface area contributed by atoms with Crippen molar-refractivity contribution in [2.24, 2.45) is 11.3 Å². The molecule has 252 valence electrons. The number of hydrogen-bond donors (Lipinski definition) is 4. The van der Waals surface area contributed by atoms with E-state index in [1.54, 1.807) is 53.0 Å². The SMILES string of the molecule is CC(C)[C@H](NC(=O)C(C)(C)/C=C/c1cc2cc([C@@H](C)O)ccc2cn1)C(=O)N[C@@H](C)C(=O)N1CCC[C@@H](C(=O)OCC(Cl)(Cl)Cl)N1. The largest absolute Gasteiger partial charge is 0.460 e. The fraction of sp³-hybridized carbons (Fsp3) is 0.531. The van der Waals surface area contributed by atoms with Crippen LogP contribution in [0.4, 0.5) is 0 Å². The van der Waals surface area contributed by atoms with Crippen molar-refractivity contribution in [3.8, 4) is 0 Å². The number of carbonyl (C=O) groups excluding carboxylic acids is 4. The van der Waals surface area contributed by atoms with Gasteiger partial charge in [-0.1, -0.05) is 66.9 Å². The molecule has 1 aromatic heterocycles. The molecule has 1 aliphatic rings. The van der Waals surface area contributed by atoms with Gasteiger partial charge >= 0.3 is 5.97 Å². The van der Waals surface area contributed by atoms with E-state index in [1.165, 1.54) is 11.9 Å². The molecule has 4 atom stereocenters. The van der Waals surface area contributed by atoms with Gasteiger partial charge in [-0.3, -0.25) is 29.2 Å². The summed E-state index contributed by atoms with van der Waals surface area (Å²) in [6.45, 7) is 10.1. The second-order valence-electron chi connectivity index (χ2n) is 12.4. The van der Waals surface area contributed by atoms with Gasteiger partial charge in [0.15, 0.2) is 0 Å². The number of alkyl halides is 3. The molecule has 1 fully saturated rings. The predicted molar refractivity (Wildman–Crippen MR) is 179 cm³/mol. The van der Waals surface area contributed by atoms with E-state index in [1.807, 2.05) is 24.3 Å². The minimum Gasteiger partial charge on any atom is -0.460 e. The van der Waals surface area contributed by atoms with Crippen molar-refractivity contribution < 1.29 is 29.0 Å². The fourth-order valence-corrected chi connectivity index (χ4v) is 4.89. The van der Waals surface area contributed by atoms with E-state index >= 15 is 0 Å². The molecule has 3 rings (SSSR count). The Kier molecular flexibility index (Phi) is 12.8. The number of amides is 3. The van der Waals surface area contributed by atoms with E-state index in [9.17, 15) is 24.3 Å². The monoisotopic (exact) mass is 697 g/mol. The zero-order valence-electron chi connectivity index (χ0n) is 26.8. The summed E-state index contributed by atoms with van der Waals surface area (Å²) >= 11 is 17.0. The number of aromatic nitrogens is 1. The molecule has 0 bridgehead atoms. The highest BCUT2D eigenvalue weighted by atomic mass is 35.6. The summed E-state index contributed by atoms with van der Waals surface area (Å²) in [7, 11) is 0. The first kappa shape index (κ1) is 37.5. The number of aliphatic hydroxyl groups excluding tert-OH is 1. The molecule has 0 spiro atoms. The highest BCUT2D eigenvalue weighted by Crippen LogP contribution is 2.27. The van der Waals surface area contributed by atoms with Crippen molar-refractivity contribution in [2.75, 3.05) is 13.2 Å². The van der Waals surface area contributed by atoms with Crippen LogP contribution in [0.1, 0.15) is 71.7 Å². The molecular formula is C32H42Cl3N5O6. The fourth-order valence-electron chi connectivity index (χ4n) is 4.73. The lowest BCUT2D eigenvalue weighted by Crippen LogP contribution is -2.61. The number of hydrazine groups is 1. The van der Waals surface area contributed by atoms with Gasteiger partial charge in [-0.15, -0.1) is 0 Å². The number of benzene rings is 1. The Hall–Kier alpha value is -2.96. The first-order valence-electron chi connectivity index (χ1n) is 15.1. The van der Waals surface area contributed by atoms with Gasteiger partial charge in [-0.05, 0) is 75.6 Å². The van der Waals surface area contributed by atoms with Gasteiger partial charge < -0.3 is 20.5 Å². The number of nitrogens with one attached hydrogen (secondary N) is 3.